The first-order valence-electron chi connectivity index (χ1n) is 9.28. The Bertz CT molecular complexity index is 724. The monoisotopic (exact) mass is 357 g/mol. The van der Waals surface area contributed by atoms with E-state index in [2.05, 4.69) is 9.80 Å². The molecule has 2 aliphatic heterocycles. The lowest BCUT2D eigenvalue weighted by molar-refractivity contribution is 0.0535. The zero-order chi connectivity index (χ0) is 17.9. The van der Waals surface area contributed by atoms with Crippen LogP contribution >= 0.6 is 0 Å². The van der Waals surface area contributed by atoms with Gasteiger partial charge in [-0.1, -0.05) is 0 Å². The van der Waals surface area contributed by atoms with E-state index < -0.39 is 0 Å². The fourth-order valence-electron chi connectivity index (χ4n) is 3.99. The number of furan rings is 1. The van der Waals surface area contributed by atoms with Gasteiger partial charge in [-0.15, -0.1) is 0 Å². The minimum atomic E-state index is -0.198. The number of hydrogen-bond acceptors (Lipinski definition) is 4. The Kier molecular flexibility index (Phi) is 4.93. The number of hydrogen-bond donors (Lipinski definition) is 0. The Labute approximate surface area is 153 Å². The number of carbonyl (C=O) groups is 1. The molecule has 4 rings (SSSR count). The molecule has 5 nitrogen and oxygen atoms in total. The molecule has 1 aromatic heterocycles. The van der Waals surface area contributed by atoms with Crippen LogP contribution < -0.4 is 4.90 Å². The number of amides is 1. The van der Waals surface area contributed by atoms with Gasteiger partial charge in [0.2, 0.25) is 0 Å². The summed E-state index contributed by atoms with van der Waals surface area (Å²) in [4.78, 5) is 19.2. The van der Waals surface area contributed by atoms with E-state index in [0.717, 1.165) is 57.8 Å². The van der Waals surface area contributed by atoms with Crippen LogP contribution in [0.1, 0.15) is 23.4 Å². The molecule has 138 valence electrons. The summed E-state index contributed by atoms with van der Waals surface area (Å²) in [7, 11) is 0. The molecular weight excluding hydrogens is 333 g/mol. The lowest BCUT2D eigenvalue weighted by Gasteiger charge is -2.43. The molecule has 0 saturated carbocycles. The second-order valence-electron chi connectivity index (χ2n) is 7.02. The van der Waals surface area contributed by atoms with Gasteiger partial charge in [0.15, 0.2) is 5.76 Å². The lowest BCUT2D eigenvalue weighted by atomic mass is 10.0. The molecule has 2 aromatic rings. The van der Waals surface area contributed by atoms with Gasteiger partial charge in [0.1, 0.15) is 5.82 Å². The van der Waals surface area contributed by atoms with Gasteiger partial charge in [-0.05, 0) is 49.2 Å². The molecule has 0 N–H and O–H groups in total. The molecule has 1 atom stereocenters. The van der Waals surface area contributed by atoms with Crippen LogP contribution in [-0.2, 0) is 0 Å². The first-order valence-corrected chi connectivity index (χ1v) is 9.28. The normalized spacial score (nSPS) is 21.8. The summed E-state index contributed by atoms with van der Waals surface area (Å²) in [5.41, 5.74) is 1.07. The van der Waals surface area contributed by atoms with Gasteiger partial charge in [-0.2, -0.15) is 0 Å². The van der Waals surface area contributed by atoms with Crippen molar-refractivity contribution in [2.75, 3.05) is 44.2 Å². The third-order valence-corrected chi connectivity index (χ3v) is 5.44. The highest BCUT2D eigenvalue weighted by Crippen LogP contribution is 2.22. The Balaban J connectivity index is 1.34. The molecule has 2 saturated heterocycles. The van der Waals surface area contributed by atoms with E-state index in [1.165, 1.54) is 12.1 Å². The Morgan fingerprint density at radius 3 is 2.50 bits per heavy atom. The van der Waals surface area contributed by atoms with Crippen molar-refractivity contribution in [2.45, 2.75) is 18.9 Å². The van der Waals surface area contributed by atoms with Crippen molar-refractivity contribution >= 4 is 11.6 Å². The average molecular weight is 357 g/mol. The van der Waals surface area contributed by atoms with E-state index in [4.69, 9.17) is 4.42 Å². The van der Waals surface area contributed by atoms with Crippen LogP contribution in [0.3, 0.4) is 0 Å². The van der Waals surface area contributed by atoms with Gasteiger partial charge in [0.25, 0.3) is 5.91 Å². The SMILES string of the molecule is O=C(c1ccco1)N1CCCC(N2CCN(c3ccc(F)cc3)CC2)C1. The number of benzene rings is 1. The van der Waals surface area contributed by atoms with Crippen molar-refractivity contribution in [3.8, 4) is 0 Å². The molecule has 1 amide bonds. The lowest BCUT2D eigenvalue weighted by Crippen LogP contribution is -2.55. The zero-order valence-corrected chi connectivity index (χ0v) is 14.8. The molecule has 0 spiro atoms. The van der Waals surface area contributed by atoms with Crippen LogP contribution in [-0.4, -0.2) is 61.0 Å². The van der Waals surface area contributed by atoms with Crippen molar-refractivity contribution in [3.63, 3.8) is 0 Å². The Hall–Kier alpha value is -2.34. The summed E-state index contributed by atoms with van der Waals surface area (Å²) in [5, 5.41) is 0. The van der Waals surface area contributed by atoms with Crippen molar-refractivity contribution in [2.24, 2.45) is 0 Å². The largest absolute Gasteiger partial charge is 0.459 e. The van der Waals surface area contributed by atoms with Crippen LogP contribution in [0.2, 0.25) is 0 Å². The smallest absolute Gasteiger partial charge is 0.289 e. The fraction of sp³-hybridized carbons (Fsp3) is 0.450. The van der Waals surface area contributed by atoms with Crippen LogP contribution in [0.5, 0.6) is 0 Å². The summed E-state index contributed by atoms with van der Waals surface area (Å²) in [6.07, 6.45) is 3.69. The number of anilines is 1. The third kappa shape index (κ3) is 3.60. The number of rotatable bonds is 3. The molecule has 26 heavy (non-hydrogen) atoms. The molecule has 1 aromatic carbocycles. The van der Waals surface area contributed by atoms with Gasteiger partial charge in [0.05, 0.1) is 6.26 Å². The number of carbonyl (C=O) groups excluding carboxylic acids is 1. The van der Waals surface area contributed by atoms with Crippen molar-refractivity contribution < 1.29 is 13.6 Å². The molecule has 1 unspecified atom stereocenters. The highest BCUT2D eigenvalue weighted by molar-refractivity contribution is 5.91. The highest BCUT2D eigenvalue weighted by atomic mass is 19.1. The van der Waals surface area contributed by atoms with E-state index in [1.54, 1.807) is 18.4 Å². The highest BCUT2D eigenvalue weighted by Gasteiger charge is 2.31. The van der Waals surface area contributed by atoms with Crippen molar-refractivity contribution in [3.05, 3.63) is 54.2 Å². The van der Waals surface area contributed by atoms with E-state index in [9.17, 15) is 9.18 Å². The molecular formula is C20H24FN3O2. The van der Waals surface area contributed by atoms with Crippen molar-refractivity contribution in [1.82, 2.24) is 9.80 Å². The number of likely N-dealkylation sites (tertiary alicyclic amines) is 1. The van der Waals surface area contributed by atoms with Gasteiger partial charge in [-0.3, -0.25) is 9.69 Å². The molecule has 3 heterocycles. The standard InChI is InChI=1S/C20H24FN3O2/c21-16-5-7-17(8-6-16)22-10-12-23(13-11-22)18-3-1-9-24(15-18)20(25)19-4-2-14-26-19/h2,4-8,14,18H,1,3,9-13,15H2. The molecule has 0 radical (unpaired) electrons. The maximum absolute atomic E-state index is 13.1. The number of piperidine rings is 1. The minimum absolute atomic E-state index is 0.00959. The molecule has 2 aliphatic rings. The van der Waals surface area contributed by atoms with E-state index >= 15 is 0 Å². The molecule has 0 aliphatic carbocycles. The van der Waals surface area contributed by atoms with Gasteiger partial charge < -0.3 is 14.2 Å². The predicted octanol–water partition coefficient (Wildman–Crippen LogP) is 2.85. The third-order valence-electron chi connectivity index (χ3n) is 5.44. The molecule has 2 fully saturated rings. The summed E-state index contributed by atoms with van der Waals surface area (Å²) < 4.78 is 18.4. The maximum atomic E-state index is 13.1. The number of halogens is 1. The summed E-state index contributed by atoms with van der Waals surface area (Å²) in [6, 6.07) is 10.6. The van der Waals surface area contributed by atoms with E-state index in [-0.39, 0.29) is 11.7 Å². The first-order chi connectivity index (χ1) is 12.7. The number of nitrogens with zero attached hydrogens (tertiary/aromatic N) is 3. The average Bonchev–Trinajstić information content (AvgIpc) is 3.23. The first kappa shape index (κ1) is 17.1. The zero-order valence-electron chi connectivity index (χ0n) is 14.8. The van der Waals surface area contributed by atoms with Crippen LogP contribution in [0.25, 0.3) is 0 Å². The molecule has 0 bridgehead atoms. The van der Waals surface area contributed by atoms with E-state index in [0.29, 0.717) is 11.8 Å². The maximum Gasteiger partial charge on any atom is 0.289 e. The summed E-state index contributed by atoms with van der Waals surface area (Å²) >= 11 is 0. The minimum Gasteiger partial charge on any atom is -0.459 e. The van der Waals surface area contributed by atoms with Crippen LogP contribution in [0.15, 0.2) is 47.1 Å². The Morgan fingerprint density at radius 2 is 1.81 bits per heavy atom. The van der Waals surface area contributed by atoms with E-state index in [1.807, 2.05) is 17.0 Å². The van der Waals surface area contributed by atoms with Gasteiger partial charge in [0, 0.05) is 51.0 Å². The predicted molar refractivity (Wildman–Crippen MR) is 97.8 cm³/mol. The number of piperazine rings is 1. The van der Waals surface area contributed by atoms with Crippen LogP contribution in [0.4, 0.5) is 10.1 Å². The van der Waals surface area contributed by atoms with Gasteiger partial charge >= 0.3 is 0 Å². The second kappa shape index (κ2) is 7.50. The van der Waals surface area contributed by atoms with Gasteiger partial charge in [-0.25, -0.2) is 4.39 Å². The Morgan fingerprint density at radius 1 is 1.04 bits per heavy atom. The summed E-state index contributed by atoms with van der Waals surface area (Å²) in [5.74, 6) is 0.215. The summed E-state index contributed by atoms with van der Waals surface area (Å²) in [6.45, 7) is 5.33. The topological polar surface area (TPSA) is 39.9 Å². The fourth-order valence-corrected chi connectivity index (χ4v) is 3.99. The van der Waals surface area contributed by atoms with Crippen LogP contribution in [0, 0.1) is 5.82 Å². The second-order valence-corrected chi connectivity index (χ2v) is 7.02. The van der Waals surface area contributed by atoms with Crippen molar-refractivity contribution in [1.29, 1.82) is 0 Å². The quantitative estimate of drug-likeness (QED) is 0.847. The molecule has 6 heteroatoms.